The minimum Gasteiger partial charge on any atom is -0.465 e. The van der Waals surface area contributed by atoms with Crippen LogP contribution in [0, 0.1) is 0 Å². The maximum absolute atomic E-state index is 11.0. The number of benzene rings is 2. The lowest BCUT2D eigenvalue weighted by Crippen LogP contribution is -2.37. The molecule has 0 radical (unpaired) electrons. The van der Waals surface area contributed by atoms with Crippen LogP contribution in [0.15, 0.2) is 60.8 Å². The number of hydrogen-bond donors (Lipinski definition) is 2. The van der Waals surface area contributed by atoms with Crippen LogP contribution in [-0.2, 0) is 0 Å². The molecule has 5 heteroatoms. The van der Waals surface area contributed by atoms with Crippen molar-refractivity contribution in [3.63, 3.8) is 0 Å². The van der Waals surface area contributed by atoms with Crippen molar-refractivity contribution in [1.29, 1.82) is 0 Å². The number of rotatable bonds is 3. The summed E-state index contributed by atoms with van der Waals surface area (Å²) in [6.07, 6.45) is 2.66. The number of H-pyrrole nitrogens is 1. The summed E-state index contributed by atoms with van der Waals surface area (Å²) >= 11 is 0. The van der Waals surface area contributed by atoms with Crippen molar-refractivity contribution in [2.75, 3.05) is 13.1 Å². The van der Waals surface area contributed by atoms with Crippen molar-refractivity contribution < 1.29 is 9.90 Å². The summed E-state index contributed by atoms with van der Waals surface area (Å²) in [5.41, 5.74) is 4.50. The number of carbonyl (C=O) groups is 1. The van der Waals surface area contributed by atoms with E-state index < -0.39 is 6.09 Å². The van der Waals surface area contributed by atoms with Gasteiger partial charge < -0.3 is 15.0 Å². The summed E-state index contributed by atoms with van der Waals surface area (Å²) in [4.78, 5) is 20.5. The third-order valence-electron chi connectivity index (χ3n) is 5.05. The van der Waals surface area contributed by atoms with Gasteiger partial charge in [0.05, 0.1) is 11.9 Å². The Morgan fingerprint density at radius 3 is 2.23 bits per heavy atom. The molecule has 0 bridgehead atoms. The van der Waals surface area contributed by atoms with Gasteiger partial charge in [0.15, 0.2) is 0 Å². The number of carboxylic acid groups (broad SMARTS) is 1. The molecule has 1 amide bonds. The molecule has 3 aromatic rings. The average Bonchev–Trinajstić information content (AvgIpc) is 3.19. The molecule has 1 aliphatic heterocycles. The number of piperidine rings is 1. The molecule has 4 rings (SSSR count). The quantitative estimate of drug-likeness (QED) is 0.727. The molecule has 0 atom stereocenters. The van der Waals surface area contributed by atoms with Gasteiger partial charge in [0, 0.05) is 19.0 Å². The molecule has 1 aliphatic rings. The first-order valence-electron chi connectivity index (χ1n) is 8.89. The fourth-order valence-corrected chi connectivity index (χ4v) is 3.51. The van der Waals surface area contributed by atoms with Gasteiger partial charge in [-0.25, -0.2) is 9.78 Å². The Balaban J connectivity index is 1.47. The van der Waals surface area contributed by atoms with E-state index >= 15 is 0 Å². The van der Waals surface area contributed by atoms with E-state index in [1.54, 1.807) is 0 Å². The van der Waals surface area contributed by atoms with Gasteiger partial charge in [0.1, 0.15) is 5.82 Å². The summed E-state index contributed by atoms with van der Waals surface area (Å²) < 4.78 is 0. The fourth-order valence-electron chi connectivity index (χ4n) is 3.51. The molecule has 26 heavy (non-hydrogen) atoms. The fraction of sp³-hybridized carbons (Fsp3) is 0.238. The molecule has 0 aliphatic carbocycles. The Labute approximate surface area is 152 Å². The molecule has 5 nitrogen and oxygen atoms in total. The Kier molecular flexibility index (Phi) is 4.44. The first-order valence-corrected chi connectivity index (χ1v) is 8.89. The standard InChI is InChI=1S/C21H21N3O2/c25-21(26)24-12-10-18(11-13-24)20-22-14-19(23-20)17-8-6-16(7-9-17)15-4-2-1-3-5-15/h1-9,14,18H,10-13H2,(H,22,23)(H,25,26). The summed E-state index contributed by atoms with van der Waals surface area (Å²) in [6.45, 7) is 1.14. The third-order valence-corrected chi connectivity index (χ3v) is 5.05. The second kappa shape index (κ2) is 7.04. The normalized spacial score (nSPS) is 15.2. The number of likely N-dealkylation sites (tertiary alicyclic amines) is 1. The summed E-state index contributed by atoms with van der Waals surface area (Å²) in [7, 11) is 0. The monoisotopic (exact) mass is 347 g/mol. The summed E-state index contributed by atoms with van der Waals surface area (Å²) in [5.74, 6) is 1.25. The highest BCUT2D eigenvalue weighted by Gasteiger charge is 2.25. The molecule has 1 saturated heterocycles. The Hall–Kier alpha value is -3.08. The highest BCUT2D eigenvalue weighted by molar-refractivity contribution is 5.68. The first kappa shape index (κ1) is 16.4. The van der Waals surface area contributed by atoms with Gasteiger partial charge in [-0.2, -0.15) is 0 Å². The number of amides is 1. The number of imidazole rings is 1. The molecule has 0 unspecified atom stereocenters. The number of nitrogens with zero attached hydrogens (tertiary/aromatic N) is 2. The molecule has 1 fully saturated rings. The number of hydrogen-bond acceptors (Lipinski definition) is 2. The molecule has 2 aromatic carbocycles. The van der Waals surface area contributed by atoms with Crippen molar-refractivity contribution in [1.82, 2.24) is 14.9 Å². The largest absolute Gasteiger partial charge is 0.465 e. The van der Waals surface area contributed by atoms with E-state index in [2.05, 4.69) is 46.4 Å². The number of nitrogens with one attached hydrogen (secondary N) is 1. The lowest BCUT2D eigenvalue weighted by Gasteiger charge is -2.28. The van der Waals surface area contributed by atoms with Gasteiger partial charge in [-0.3, -0.25) is 0 Å². The van der Waals surface area contributed by atoms with E-state index in [1.165, 1.54) is 16.0 Å². The van der Waals surface area contributed by atoms with Gasteiger partial charge in [-0.1, -0.05) is 54.6 Å². The van der Waals surface area contributed by atoms with E-state index in [4.69, 9.17) is 5.11 Å². The molecule has 2 N–H and O–H groups in total. The zero-order valence-electron chi connectivity index (χ0n) is 14.4. The van der Waals surface area contributed by atoms with E-state index in [1.807, 2.05) is 24.4 Å². The van der Waals surface area contributed by atoms with E-state index in [0.717, 1.165) is 29.9 Å². The first-order chi connectivity index (χ1) is 12.7. The SMILES string of the molecule is O=C(O)N1CCC(c2ncc(-c3ccc(-c4ccccc4)cc3)[nH]2)CC1. The maximum atomic E-state index is 11.0. The van der Waals surface area contributed by atoms with Gasteiger partial charge in [-0.05, 0) is 29.5 Å². The molecule has 2 heterocycles. The summed E-state index contributed by atoms with van der Waals surface area (Å²) in [6, 6.07) is 18.8. The van der Waals surface area contributed by atoms with Crippen molar-refractivity contribution in [3.8, 4) is 22.4 Å². The Morgan fingerprint density at radius 2 is 1.58 bits per heavy atom. The van der Waals surface area contributed by atoms with Crippen molar-refractivity contribution in [3.05, 3.63) is 66.6 Å². The second-order valence-corrected chi connectivity index (χ2v) is 6.67. The van der Waals surface area contributed by atoms with Gasteiger partial charge in [0.2, 0.25) is 0 Å². The Bertz CT molecular complexity index is 879. The van der Waals surface area contributed by atoms with Gasteiger partial charge >= 0.3 is 6.09 Å². The molecule has 1 aromatic heterocycles. The zero-order valence-corrected chi connectivity index (χ0v) is 14.4. The van der Waals surface area contributed by atoms with Crippen molar-refractivity contribution in [2.24, 2.45) is 0 Å². The van der Waals surface area contributed by atoms with Crippen LogP contribution in [0.25, 0.3) is 22.4 Å². The predicted octanol–water partition coefficient (Wildman–Crippen LogP) is 4.60. The van der Waals surface area contributed by atoms with Crippen LogP contribution in [0.5, 0.6) is 0 Å². The van der Waals surface area contributed by atoms with Gasteiger partial charge in [0.25, 0.3) is 0 Å². The average molecular weight is 347 g/mol. The molecular formula is C21H21N3O2. The van der Waals surface area contributed by atoms with Crippen LogP contribution in [0.1, 0.15) is 24.6 Å². The molecule has 0 spiro atoms. The van der Waals surface area contributed by atoms with Crippen molar-refractivity contribution in [2.45, 2.75) is 18.8 Å². The van der Waals surface area contributed by atoms with E-state index in [-0.39, 0.29) is 0 Å². The molecule has 132 valence electrons. The van der Waals surface area contributed by atoms with Crippen LogP contribution in [0.4, 0.5) is 4.79 Å². The minimum absolute atomic E-state index is 0.294. The number of aromatic nitrogens is 2. The molecular weight excluding hydrogens is 326 g/mol. The highest BCUT2D eigenvalue weighted by atomic mass is 16.4. The third kappa shape index (κ3) is 3.33. The highest BCUT2D eigenvalue weighted by Crippen LogP contribution is 2.29. The topological polar surface area (TPSA) is 69.2 Å². The lowest BCUT2D eigenvalue weighted by molar-refractivity contribution is 0.131. The molecule has 0 saturated carbocycles. The lowest BCUT2D eigenvalue weighted by atomic mass is 9.96. The maximum Gasteiger partial charge on any atom is 0.407 e. The van der Waals surface area contributed by atoms with Crippen LogP contribution in [0.3, 0.4) is 0 Å². The van der Waals surface area contributed by atoms with Crippen LogP contribution in [-0.4, -0.2) is 39.2 Å². The van der Waals surface area contributed by atoms with E-state index in [9.17, 15) is 4.79 Å². The number of aromatic amines is 1. The predicted molar refractivity (Wildman–Crippen MR) is 101 cm³/mol. The van der Waals surface area contributed by atoms with Crippen LogP contribution < -0.4 is 0 Å². The Morgan fingerprint density at radius 1 is 0.962 bits per heavy atom. The second-order valence-electron chi connectivity index (χ2n) is 6.67. The van der Waals surface area contributed by atoms with Crippen molar-refractivity contribution >= 4 is 6.09 Å². The van der Waals surface area contributed by atoms with E-state index in [0.29, 0.717) is 19.0 Å². The van der Waals surface area contributed by atoms with Crippen LogP contribution in [0.2, 0.25) is 0 Å². The minimum atomic E-state index is -0.831. The van der Waals surface area contributed by atoms with Crippen LogP contribution >= 0.6 is 0 Å². The smallest absolute Gasteiger partial charge is 0.407 e. The summed E-state index contributed by atoms with van der Waals surface area (Å²) in [5, 5.41) is 9.06. The zero-order chi connectivity index (χ0) is 17.9. The van der Waals surface area contributed by atoms with Gasteiger partial charge in [-0.15, -0.1) is 0 Å².